The summed E-state index contributed by atoms with van der Waals surface area (Å²) in [5, 5.41) is 12.5. The highest BCUT2D eigenvalue weighted by Crippen LogP contribution is 2.30. The molecule has 0 bridgehead atoms. The summed E-state index contributed by atoms with van der Waals surface area (Å²) in [7, 11) is 0. The van der Waals surface area contributed by atoms with Crippen LogP contribution in [0.5, 0.6) is 0 Å². The largest absolute Gasteiger partial charge is 0.382 e. The highest BCUT2D eigenvalue weighted by Gasteiger charge is 2.21. The van der Waals surface area contributed by atoms with Gasteiger partial charge in [0.2, 0.25) is 0 Å². The average molecular weight is 655 g/mol. The Morgan fingerprint density at radius 2 is 1.24 bits per heavy atom. The summed E-state index contributed by atoms with van der Waals surface area (Å²) in [4.78, 5) is 34.8. The zero-order chi connectivity index (χ0) is 34.5. The lowest BCUT2D eigenvalue weighted by atomic mass is 10.1. The van der Waals surface area contributed by atoms with Gasteiger partial charge in [-0.05, 0) is 62.4 Å². The predicted octanol–water partition coefficient (Wildman–Crippen LogP) is 6.10. The van der Waals surface area contributed by atoms with Crippen molar-refractivity contribution in [1.29, 1.82) is 5.26 Å². The van der Waals surface area contributed by atoms with Crippen LogP contribution in [0.3, 0.4) is 0 Å². The van der Waals surface area contributed by atoms with E-state index in [9.17, 15) is 14.0 Å². The van der Waals surface area contributed by atoms with Crippen LogP contribution in [-0.2, 0) is 0 Å². The molecule has 0 saturated carbocycles. The second-order valence-corrected chi connectivity index (χ2v) is 10.9. The number of hydrogen-bond donors (Lipinski definition) is 3. The van der Waals surface area contributed by atoms with Crippen LogP contribution in [0.4, 0.5) is 20.4 Å². The molecule has 5 N–H and O–H groups in total. The molecule has 14 heteroatoms. The molecule has 0 fully saturated rings. The minimum atomic E-state index is -0.407. The molecule has 0 aliphatic carbocycles. The van der Waals surface area contributed by atoms with Crippen molar-refractivity contribution in [3.63, 3.8) is 0 Å². The lowest BCUT2D eigenvalue weighted by molar-refractivity contribution is 0.628. The number of nitriles is 1. The third-order valence-electron chi connectivity index (χ3n) is 7.30. The van der Waals surface area contributed by atoms with Crippen LogP contribution in [0.1, 0.15) is 42.9 Å². The minimum absolute atomic E-state index is 0.0854. The van der Waals surface area contributed by atoms with Crippen LogP contribution in [0.15, 0.2) is 91.5 Å². The topological polar surface area (TPSA) is 191 Å². The normalized spacial score (nSPS) is 12.1. The third-order valence-corrected chi connectivity index (χ3v) is 7.30. The lowest BCUT2D eigenvalue weighted by Gasteiger charge is -2.18. The van der Waals surface area contributed by atoms with Crippen molar-refractivity contribution >= 4 is 33.7 Å². The van der Waals surface area contributed by atoms with Crippen LogP contribution < -0.4 is 16.8 Å². The van der Waals surface area contributed by atoms with Crippen molar-refractivity contribution in [3.05, 3.63) is 120 Å². The van der Waals surface area contributed by atoms with Gasteiger partial charge in [0.15, 0.2) is 0 Å². The van der Waals surface area contributed by atoms with Crippen LogP contribution in [0.2, 0.25) is 0 Å². The summed E-state index contributed by atoms with van der Waals surface area (Å²) in [6, 6.07) is 20.8. The Kier molecular flexibility index (Phi) is 9.27. The number of benzene rings is 2. The Morgan fingerprint density at radius 3 is 1.76 bits per heavy atom. The summed E-state index contributed by atoms with van der Waals surface area (Å²) in [5.74, 6) is -0.358. The van der Waals surface area contributed by atoms with Crippen LogP contribution in [-0.4, -0.2) is 39.9 Å². The van der Waals surface area contributed by atoms with Crippen molar-refractivity contribution in [3.8, 4) is 28.8 Å². The van der Waals surface area contributed by atoms with Crippen LogP contribution in [0.25, 0.3) is 44.8 Å². The Labute approximate surface area is 279 Å². The van der Waals surface area contributed by atoms with Gasteiger partial charge in [-0.25, -0.2) is 38.7 Å². The number of halogens is 2. The molecule has 7 aromatic rings. The highest BCUT2D eigenvalue weighted by atomic mass is 19.1. The second kappa shape index (κ2) is 14.0. The van der Waals surface area contributed by atoms with Crippen molar-refractivity contribution in [2.45, 2.75) is 25.9 Å². The van der Waals surface area contributed by atoms with E-state index >= 15 is 0 Å². The highest BCUT2D eigenvalue weighted by molar-refractivity contribution is 5.79. The van der Waals surface area contributed by atoms with Crippen molar-refractivity contribution in [2.24, 2.45) is 5.73 Å². The molecule has 7 rings (SSSR count). The maximum atomic E-state index is 13.7. The Balaban J connectivity index is 0.000000182. The number of rotatable bonds is 6. The van der Waals surface area contributed by atoms with Gasteiger partial charge < -0.3 is 16.8 Å². The summed E-state index contributed by atoms with van der Waals surface area (Å²) in [5.41, 5.74) is 17.6. The standard InChI is InChI=1S/C20H15FN8.C15H13FN4/c1-11(27-20-13(9-22)19(23)25-10-26-20)17-18(15-4-2-3-7-24-15)29-16-8-12(21)5-6-14(16)28-17;1-9(17)14-15(12-4-2-3-7-18-12)20-13-8-10(16)5-6-11(13)19-14/h2-8,10-11H,1H3,(H3,23,25,26,27);2-9H,17H2,1H3/t11-;9-/m00/s1. The number of nitrogens with two attached hydrogens (primary N) is 2. The van der Waals surface area contributed by atoms with Gasteiger partial charge in [-0.2, -0.15) is 5.26 Å². The van der Waals surface area contributed by atoms with E-state index in [0.29, 0.717) is 62.0 Å². The summed E-state index contributed by atoms with van der Waals surface area (Å²) in [6.07, 6.45) is 4.60. The van der Waals surface area contributed by atoms with Gasteiger partial charge >= 0.3 is 0 Å². The van der Waals surface area contributed by atoms with Crippen LogP contribution >= 0.6 is 0 Å². The molecule has 5 aromatic heterocycles. The number of nitrogen functional groups attached to an aromatic ring is 1. The molecular formula is C35H28F2N12. The predicted molar refractivity (Wildman–Crippen MR) is 181 cm³/mol. The van der Waals surface area contributed by atoms with E-state index in [-0.39, 0.29) is 23.2 Å². The molecule has 0 aliphatic rings. The molecule has 2 atom stereocenters. The summed E-state index contributed by atoms with van der Waals surface area (Å²) >= 11 is 0. The molecule has 242 valence electrons. The summed E-state index contributed by atoms with van der Waals surface area (Å²) < 4.78 is 27.0. The first kappa shape index (κ1) is 32.4. The molecule has 5 heterocycles. The smallest absolute Gasteiger partial charge is 0.150 e. The molecule has 0 saturated heterocycles. The SMILES string of the molecule is C[C@H](N)c1nc2ccc(F)cc2nc1-c1ccccn1.C[C@H](Nc1ncnc(N)c1C#N)c1nc2ccc(F)cc2nc1-c1ccccn1. The molecule has 2 aromatic carbocycles. The number of nitrogens with zero attached hydrogens (tertiary/aromatic N) is 9. The van der Waals surface area contributed by atoms with Gasteiger partial charge in [0.1, 0.15) is 52.6 Å². The Morgan fingerprint density at radius 1 is 0.694 bits per heavy atom. The van der Waals surface area contributed by atoms with Gasteiger partial charge in [-0.1, -0.05) is 12.1 Å². The average Bonchev–Trinajstić information content (AvgIpc) is 3.11. The van der Waals surface area contributed by atoms with E-state index in [0.717, 1.165) is 0 Å². The lowest BCUT2D eigenvalue weighted by Crippen LogP contribution is -2.14. The van der Waals surface area contributed by atoms with Crippen LogP contribution in [0, 0.1) is 23.0 Å². The van der Waals surface area contributed by atoms with Crippen molar-refractivity contribution in [2.75, 3.05) is 11.1 Å². The maximum Gasteiger partial charge on any atom is 0.150 e. The fourth-order valence-electron chi connectivity index (χ4n) is 4.98. The van der Waals surface area contributed by atoms with E-state index < -0.39 is 11.9 Å². The van der Waals surface area contributed by atoms with E-state index in [1.54, 1.807) is 36.7 Å². The molecule has 0 spiro atoms. The number of fused-ring (bicyclic) bond motifs is 2. The van der Waals surface area contributed by atoms with Gasteiger partial charge in [0.25, 0.3) is 0 Å². The minimum Gasteiger partial charge on any atom is -0.382 e. The van der Waals surface area contributed by atoms with Crippen molar-refractivity contribution < 1.29 is 8.78 Å². The number of hydrogen-bond acceptors (Lipinski definition) is 12. The van der Waals surface area contributed by atoms with Crippen molar-refractivity contribution in [1.82, 2.24) is 39.9 Å². The van der Waals surface area contributed by atoms with E-state index in [4.69, 9.17) is 11.5 Å². The monoisotopic (exact) mass is 654 g/mol. The van der Waals surface area contributed by atoms with E-state index in [1.165, 1.54) is 30.6 Å². The Hall–Kier alpha value is -6.59. The second-order valence-electron chi connectivity index (χ2n) is 10.9. The Bertz CT molecular complexity index is 2310. The van der Waals surface area contributed by atoms with E-state index in [2.05, 4.69) is 45.2 Å². The first-order chi connectivity index (χ1) is 23.7. The number of aromatic nitrogens is 8. The molecule has 12 nitrogen and oxygen atoms in total. The van der Waals surface area contributed by atoms with Gasteiger partial charge in [-0.15, -0.1) is 0 Å². The maximum absolute atomic E-state index is 13.7. The summed E-state index contributed by atoms with van der Waals surface area (Å²) in [6.45, 7) is 3.69. The number of anilines is 2. The molecule has 49 heavy (non-hydrogen) atoms. The molecule has 0 radical (unpaired) electrons. The van der Waals surface area contributed by atoms with Gasteiger partial charge in [0, 0.05) is 30.6 Å². The van der Waals surface area contributed by atoms with E-state index in [1.807, 2.05) is 44.2 Å². The molecule has 0 unspecified atom stereocenters. The zero-order valence-corrected chi connectivity index (χ0v) is 26.3. The fraction of sp³-hybridized carbons (Fsp3) is 0.114. The quantitative estimate of drug-likeness (QED) is 0.187. The zero-order valence-electron chi connectivity index (χ0n) is 26.3. The number of nitrogens with one attached hydrogen (secondary N) is 1. The first-order valence-corrected chi connectivity index (χ1v) is 15.0. The fourth-order valence-corrected chi connectivity index (χ4v) is 4.98. The third kappa shape index (κ3) is 7.07. The number of pyridine rings is 2. The molecular weight excluding hydrogens is 626 g/mol. The molecule has 0 amide bonds. The molecule has 0 aliphatic heterocycles. The van der Waals surface area contributed by atoms with Gasteiger partial charge in [0.05, 0.1) is 50.9 Å². The van der Waals surface area contributed by atoms with Gasteiger partial charge in [-0.3, -0.25) is 9.97 Å². The first-order valence-electron chi connectivity index (χ1n) is 15.0.